The molecule has 0 fully saturated rings. The van der Waals surface area contributed by atoms with Gasteiger partial charge in [0.05, 0.1) is 6.04 Å². The molecule has 0 aliphatic rings. The highest BCUT2D eigenvalue weighted by Gasteiger charge is 2.16. The maximum atomic E-state index is 12.3. The highest BCUT2D eigenvalue weighted by Crippen LogP contribution is 2.17. The molecule has 2 amide bonds. The third-order valence-corrected chi connectivity index (χ3v) is 3.67. The predicted molar refractivity (Wildman–Crippen MR) is 90.2 cm³/mol. The minimum atomic E-state index is -0.546. The fourth-order valence-electron chi connectivity index (χ4n) is 2.38. The molecule has 0 saturated carbocycles. The highest BCUT2D eigenvalue weighted by atomic mass is 16.2. The van der Waals surface area contributed by atoms with E-state index in [1.165, 1.54) is 6.07 Å². The van der Waals surface area contributed by atoms with Crippen LogP contribution in [0.4, 0.5) is 0 Å². The van der Waals surface area contributed by atoms with Crippen LogP contribution in [0.15, 0.2) is 54.6 Å². The quantitative estimate of drug-likeness (QED) is 0.854. The first-order valence-corrected chi connectivity index (χ1v) is 7.38. The molecule has 0 unspecified atom stereocenters. The first-order valence-electron chi connectivity index (χ1n) is 7.38. The lowest BCUT2D eigenvalue weighted by Gasteiger charge is -2.25. The lowest BCUT2D eigenvalue weighted by atomic mass is 10.1. The van der Waals surface area contributed by atoms with Crippen molar-refractivity contribution in [2.75, 3.05) is 20.6 Å². The van der Waals surface area contributed by atoms with Gasteiger partial charge in [0.1, 0.15) is 0 Å². The number of amides is 2. The molecule has 23 heavy (non-hydrogen) atoms. The first kappa shape index (κ1) is 16.7. The Bertz CT molecular complexity index is 684. The van der Waals surface area contributed by atoms with Gasteiger partial charge in [-0.05, 0) is 37.9 Å². The van der Waals surface area contributed by atoms with Crippen LogP contribution >= 0.6 is 0 Å². The largest absolute Gasteiger partial charge is 0.366 e. The Labute approximate surface area is 136 Å². The lowest BCUT2D eigenvalue weighted by molar-refractivity contribution is 0.0942. The van der Waals surface area contributed by atoms with Crippen LogP contribution < -0.4 is 11.1 Å². The van der Waals surface area contributed by atoms with Crippen molar-refractivity contribution in [3.8, 4) is 0 Å². The number of nitrogens with one attached hydrogen (secondary N) is 1. The average Bonchev–Trinajstić information content (AvgIpc) is 2.55. The molecule has 0 aromatic heterocycles. The highest BCUT2D eigenvalue weighted by molar-refractivity contribution is 5.99. The molecule has 2 rings (SSSR count). The topological polar surface area (TPSA) is 75.4 Å². The van der Waals surface area contributed by atoms with E-state index in [9.17, 15) is 9.59 Å². The van der Waals surface area contributed by atoms with Crippen molar-refractivity contribution in [3.63, 3.8) is 0 Å². The van der Waals surface area contributed by atoms with E-state index in [-0.39, 0.29) is 11.9 Å². The van der Waals surface area contributed by atoms with Gasteiger partial charge in [0, 0.05) is 17.7 Å². The molecule has 0 saturated heterocycles. The van der Waals surface area contributed by atoms with Crippen molar-refractivity contribution in [1.82, 2.24) is 10.2 Å². The normalized spacial score (nSPS) is 12.0. The summed E-state index contributed by atoms with van der Waals surface area (Å²) in [6.45, 7) is 0.469. The first-order chi connectivity index (χ1) is 11.0. The molecular formula is C18H21N3O2. The van der Waals surface area contributed by atoms with E-state index in [4.69, 9.17) is 5.73 Å². The molecule has 0 spiro atoms. The van der Waals surface area contributed by atoms with E-state index in [0.29, 0.717) is 17.7 Å². The van der Waals surface area contributed by atoms with E-state index in [1.807, 2.05) is 44.4 Å². The third kappa shape index (κ3) is 4.40. The van der Waals surface area contributed by atoms with Crippen LogP contribution in [0.1, 0.15) is 32.3 Å². The maximum absolute atomic E-state index is 12.3. The number of carbonyl (C=O) groups is 2. The number of rotatable bonds is 6. The predicted octanol–water partition coefficient (Wildman–Crippen LogP) is 1.82. The Morgan fingerprint density at radius 1 is 1.04 bits per heavy atom. The number of nitrogens with zero attached hydrogens (tertiary/aromatic N) is 1. The molecule has 2 aromatic rings. The number of likely N-dealkylation sites (N-methyl/N-ethyl adjacent to an activating group) is 1. The van der Waals surface area contributed by atoms with Gasteiger partial charge in [-0.2, -0.15) is 0 Å². The average molecular weight is 311 g/mol. The zero-order valence-electron chi connectivity index (χ0n) is 13.3. The molecule has 5 nitrogen and oxygen atoms in total. The molecule has 0 aliphatic carbocycles. The van der Waals surface area contributed by atoms with E-state index >= 15 is 0 Å². The van der Waals surface area contributed by atoms with Crippen LogP contribution in [-0.2, 0) is 0 Å². The summed E-state index contributed by atoms with van der Waals surface area (Å²) in [7, 11) is 3.94. The molecule has 5 heteroatoms. The Morgan fingerprint density at radius 2 is 1.70 bits per heavy atom. The van der Waals surface area contributed by atoms with Crippen LogP contribution in [0, 0.1) is 0 Å². The van der Waals surface area contributed by atoms with E-state index in [2.05, 4.69) is 10.2 Å². The van der Waals surface area contributed by atoms with Gasteiger partial charge in [-0.25, -0.2) is 0 Å². The minimum Gasteiger partial charge on any atom is -0.366 e. The summed E-state index contributed by atoms with van der Waals surface area (Å²) in [5, 5.41) is 2.91. The summed E-state index contributed by atoms with van der Waals surface area (Å²) in [5.41, 5.74) is 7.12. The van der Waals surface area contributed by atoms with Crippen molar-refractivity contribution in [2.24, 2.45) is 5.73 Å². The third-order valence-electron chi connectivity index (χ3n) is 3.67. The van der Waals surface area contributed by atoms with Crippen LogP contribution in [0.2, 0.25) is 0 Å². The van der Waals surface area contributed by atoms with Crippen molar-refractivity contribution in [2.45, 2.75) is 6.04 Å². The number of nitrogens with two attached hydrogens (primary N) is 1. The van der Waals surface area contributed by atoms with E-state index < -0.39 is 5.91 Å². The molecule has 0 aliphatic heterocycles. The fraction of sp³-hybridized carbons (Fsp3) is 0.222. The summed E-state index contributed by atoms with van der Waals surface area (Å²) < 4.78 is 0. The van der Waals surface area contributed by atoms with Gasteiger partial charge < -0.3 is 16.0 Å². The second-order valence-electron chi connectivity index (χ2n) is 5.55. The zero-order valence-corrected chi connectivity index (χ0v) is 13.3. The standard InChI is InChI=1S/C18H21N3O2/c1-21(2)16(13-7-4-3-5-8-13)12-20-18(23)15-10-6-9-14(11-15)17(19)22/h3-11,16H,12H2,1-2H3,(H2,19,22)(H,20,23)/t16-/m1/s1. The number of benzene rings is 2. The lowest BCUT2D eigenvalue weighted by Crippen LogP contribution is -2.34. The molecule has 2 aromatic carbocycles. The molecule has 3 N–H and O–H groups in total. The van der Waals surface area contributed by atoms with Crippen molar-refractivity contribution < 1.29 is 9.59 Å². The van der Waals surface area contributed by atoms with Gasteiger partial charge in [-0.3, -0.25) is 9.59 Å². The minimum absolute atomic E-state index is 0.0690. The van der Waals surface area contributed by atoms with Crippen molar-refractivity contribution in [3.05, 3.63) is 71.3 Å². The van der Waals surface area contributed by atoms with Gasteiger partial charge in [-0.1, -0.05) is 36.4 Å². The number of hydrogen-bond acceptors (Lipinski definition) is 3. The zero-order chi connectivity index (χ0) is 16.8. The monoisotopic (exact) mass is 311 g/mol. The molecule has 1 atom stereocenters. The number of hydrogen-bond donors (Lipinski definition) is 2. The van der Waals surface area contributed by atoms with Gasteiger partial charge in [0.25, 0.3) is 5.91 Å². The fourth-order valence-corrected chi connectivity index (χ4v) is 2.38. The SMILES string of the molecule is CN(C)[C@H](CNC(=O)c1cccc(C(N)=O)c1)c1ccccc1. The van der Waals surface area contributed by atoms with Gasteiger partial charge >= 0.3 is 0 Å². The maximum Gasteiger partial charge on any atom is 0.251 e. The molecule has 0 heterocycles. The van der Waals surface area contributed by atoms with Crippen molar-refractivity contribution in [1.29, 1.82) is 0 Å². The number of primary amides is 1. The summed E-state index contributed by atoms with van der Waals surface area (Å²) in [6, 6.07) is 16.5. The molecule has 120 valence electrons. The van der Waals surface area contributed by atoms with Crippen LogP contribution in [0.5, 0.6) is 0 Å². The van der Waals surface area contributed by atoms with E-state index in [0.717, 1.165) is 5.56 Å². The smallest absolute Gasteiger partial charge is 0.251 e. The van der Waals surface area contributed by atoms with Crippen LogP contribution in [0.25, 0.3) is 0 Å². The Morgan fingerprint density at radius 3 is 2.30 bits per heavy atom. The summed E-state index contributed by atoms with van der Waals surface area (Å²) in [6.07, 6.45) is 0. The van der Waals surface area contributed by atoms with Gasteiger partial charge in [-0.15, -0.1) is 0 Å². The molecule has 0 bridgehead atoms. The Kier molecular flexibility index (Phi) is 5.49. The second kappa shape index (κ2) is 7.56. The summed E-state index contributed by atoms with van der Waals surface area (Å²) >= 11 is 0. The molecular weight excluding hydrogens is 290 g/mol. The Balaban J connectivity index is 2.08. The van der Waals surface area contributed by atoms with Gasteiger partial charge in [0.2, 0.25) is 5.91 Å². The second-order valence-corrected chi connectivity index (χ2v) is 5.55. The van der Waals surface area contributed by atoms with E-state index in [1.54, 1.807) is 18.2 Å². The van der Waals surface area contributed by atoms with Crippen molar-refractivity contribution >= 4 is 11.8 Å². The summed E-state index contributed by atoms with van der Waals surface area (Å²) in [5.74, 6) is -0.772. The Hall–Kier alpha value is -2.66. The van der Waals surface area contributed by atoms with Crippen LogP contribution in [-0.4, -0.2) is 37.4 Å². The van der Waals surface area contributed by atoms with Gasteiger partial charge in [0.15, 0.2) is 0 Å². The number of carbonyl (C=O) groups excluding carboxylic acids is 2. The molecule has 0 radical (unpaired) electrons. The van der Waals surface area contributed by atoms with Crippen LogP contribution in [0.3, 0.4) is 0 Å². The summed E-state index contributed by atoms with van der Waals surface area (Å²) in [4.78, 5) is 25.5.